The fourth-order valence-corrected chi connectivity index (χ4v) is 1.73. The number of phenols is 1. The number of aromatic nitrogens is 2. The first-order valence-corrected chi connectivity index (χ1v) is 6.15. The summed E-state index contributed by atoms with van der Waals surface area (Å²) in [6, 6.07) is 4.91. The molecule has 0 saturated heterocycles. The van der Waals surface area contributed by atoms with E-state index in [2.05, 4.69) is 4.98 Å². The Labute approximate surface area is 111 Å². The van der Waals surface area contributed by atoms with Crippen LogP contribution in [-0.2, 0) is 6.54 Å². The minimum Gasteiger partial charge on any atom is -0.508 e. The number of ether oxygens (including phenoxy) is 1. The van der Waals surface area contributed by atoms with Gasteiger partial charge in [0.05, 0.1) is 0 Å². The van der Waals surface area contributed by atoms with Gasteiger partial charge in [0, 0.05) is 24.5 Å². The van der Waals surface area contributed by atoms with E-state index < -0.39 is 0 Å². The number of rotatable bonds is 4. The molecule has 2 rings (SSSR count). The predicted octanol–water partition coefficient (Wildman–Crippen LogP) is 2.46. The summed E-state index contributed by atoms with van der Waals surface area (Å²) >= 11 is 0. The normalized spacial score (nSPS) is 10.4. The maximum Gasteiger partial charge on any atom is 0.313 e. The van der Waals surface area contributed by atoms with Crippen LogP contribution in [0.2, 0.25) is 0 Å². The third kappa shape index (κ3) is 2.76. The predicted molar refractivity (Wildman–Crippen MR) is 71.7 cm³/mol. The van der Waals surface area contributed by atoms with Crippen LogP contribution >= 0.6 is 0 Å². The Hall–Kier alpha value is -2.30. The van der Waals surface area contributed by atoms with Crippen molar-refractivity contribution in [3.05, 3.63) is 46.5 Å². The van der Waals surface area contributed by atoms with Crippen LogP contribution in [0.15, 0.2) is 35.4 Å². The minimum absolute atomic E-state index is 0.0182. The van der Waals surface area contributed by atoms with Gasteiger partial charge in [-0.05, 0) is 25.5 Å². The van der Waals surface area contributed by atoms with Crippen molar-refractivity contribution >= 4 is 0 Å². The molecule has 0 saturated carbocycles. The van der Waals surface area contributed by atoms with E-state index >= 15 is 0 Å². The molecule has 0 aliphatic rings. The molecule has 0 spiro atoms. The Bertz CT molecular complexity index is 635. The second kappa shape index (κ2) is 5.56. The number of aryl methyl sites for hydroxylation is 1. The number of nitrogens with zero attached hydrogens (tertiary/aromatic N) is 2. The molecule has 0 atom stereocenters. The lowest BCUT2D eigenvalue weighted by Crippen LogP contribution is -2.21. The minimum atomic E-state index is -0.271. The largest absolute Gasteiger partial charge is 0.508 e. The average molecular weight is 260 g/mol. The molecule has 0 amide bonds. The van der Waals surface area contributed by atoms with Crippen molar-refractivity contribution in [2.45, 2.75) is 26.8 Å². The van der Waals surface area contributed by atoms with Gasteiger partial charge >= 0.3 is 5.56 Å². The van der Waals surface area contributed by atoms with Crippen LogP contribution in [0, 0.1) is 6.92 Å². The lowest BCUT2D eigenvalue weighted by Gasteiger charge is -2.09. The van der Waals surface area contributed by atoms with Gasteiger partial charge in [-0.25, -0.2) is 4.98 Å². The molecule has 1 N–H and O–H groups in total. The van der Waals surface area contributed by atoms with E-state index in [0.29, 0.717) is 17.9 Å². The van der Waals surface area contributed by atoms with Crippen molar-refractivity contribution < 1.29 is 9.84 Å². The molecule has 5 heteroatoms. The molecule has 1 aromatic carbocycles. The second-order valence-corrected chi connectivity index (χ2v) is 4.23. The summed E-state index contributed by atoms with van der Waals surface area (Å²) in [7, 11) is 0. The maximum atomic E-state index is 12.1. The lowest BCUT2D eigenvalue weighted by atomic mass is 10.2. The molecule has 0 aliphatic heterocycles. The van der Waals surface area contributed by atoms with Gasteiger partial charge in [-0.15, -0.1) is 0 Å². The third-order valence-corrected chi connectivity index (χ3v) is 2.81. The number of benzene rings is 1. The van der Waals surface area contributed by atoms with E-state index in [0.717, 1.165) is 6.42 Å². The molecule has 1 aromatic heterocycles. The van der Waals surface area contributed by atoms with E-state index in [1.165, 1.54) is 6.20 Å². The molecule has 2 aromatic rings. The Morgan fingerprint density at radius 2 is 2.21 bits per heavy atom. The van der Waals surface area contributed by atoms with Gasteiger partial charge in [0.15, 0.2) is 0 Å². The van der Waals surface area contributed by atoms with Crippen LogP contribution in [0.4, 0.5) is 0 Å². The third-order valence-electron chi connectivity index (χ3n) is 2.81. The molecular formula is C14H16N2O3. The van der Waals surface area contributed by atoms with Crippen molar-refractivity contribution in [3.8, 4) is 17.4 Å². The highest BCUT2D eigenvalue weighted by atomic mass is 16.5. The first kappa shape index (κ1) is 13.1. The molecule has 0 fully saturated rings. The molecular weight excluding hydrogens is 244 g/mol. The standard InChI is InChI=1S/C14H16N2O3/c1-3-8-16-9-7-15-13(14(16)18)19-12-6-4-5-11(17)10(12)2/h4-7,9,17H,3,8H2,1-2H3. The van der Waals surface area contributed by atoms with E-state index in [9.17, 15) is 9.90 Å². The van der Waals surface area contributed by atoms with E-state index in [4.69, 9.17) is 4.74 Å². The Morgan fingerprint density at radius 1 is 1.42 bits per heavy atom. The van der Waals surface area contributed by atoms with Crippen LogP contribution < -0.4 is 10.3 Å². The van der Waals surface area contributed by atoms with Crippen LogP contribution in [0.25, 0.3) is 0 Å². The van der Waals surface area contributed by atoms with Crippen molar-refractivity contribution in [1.82, 2.24) is 9.55 Å². The SMILES string of the molecule is CCCn1ccnc(Oc2cccc(O)c2C)c1=O. The molecule has 0 aliphatic carbocycles. The number of hydrogen-bond donors (Lipinski definition) is 1. The van der Waals surface area contributed by atoms with Crippen molar-refractivity contribution in [2.75, 3.05) is 0 Å². The van der Waals surface area contributed by atoms with Crippen LogP contribution in [0.5, 0.6) is 17.4 Å². The summed E-state index contributed by atoms with van der Waals surface area (Å²) in [6.45, 7) is 4.34. The van der Waals surface area contributed by atoms with E-state index in [1.807, 2.05) is 6.92 Å². The van der Waals surface area contributed by atoms with E-state index in [1.54, 1.807) is 35.9 Å². The number of phenolic OH excluding ortho intramolecular Hbond substituents is 1. The topological polar surface area (TPSA) is 64.3 Å². The zero-order valence-electron chi connectivity index (χ0n) is 11.0. The molecule has 5 nitrogen and oxygen atoms in total. The first-order chi connectivity index (χ1) is 9.13. The monoisotopic (exact) mass is 260 g/mol. The summed E-state index contributed by atoms with van der Waals surface area (Å²) in [6.07, 6.45) is 4.02. The van der Waals surface area contributed by atoms with Crippen molar-refractivity contribution in [3.63, 3.8) is 0 Å². The summed E-state index contributed by atoms with van der Waals surface area (Å²) in [5.41, 5.74) is 0.307. The quantitative estimate of drug-likeness (QED) is 0.917. The van der Waals surface area contributed by atoms with Crippen molar-refractivity contribution in [1.29, 1.82) is 0 Å². The summed E-state index contributed by atoms with van der Waals surface area (Å²) in [4.78, 5) is 16.0. The van der Waals surface area contributed by atoms with Crippen LogP contribution in [0.3, 0.4) is 0 Å². The van der Waals surface area contributed by atoms with Gasteiger partial charge in [-0.2, -0.15) is 0 Å². The molecule has 0 unspecified atom stereocenters. The summed E-state index contributed by atoms with van der Waals surface area (Å²) in [5, 5.41) is 9.60. The average Bonchev–Trinajstić information content (AvgIpc) is 2.40. The number of hydrogen-bond acceptors (Lipinski definition) is 4. The molecule has 0 bridgehead atoms. The van der Waals surface area contributed by atoms with Crippen molar-refractivity contribution in [2.24, 2.45) is 0 Å². The molecule has 1 heterocycles. The smallest absolute Gasteiger partial charge is 0.313 e. The Morgan fingerprint density at radius 3 is 2.95 bits per heavy atom. The van der Waals surface area contributed by atoms with Crippen LogP contribution in [0.1, 0.15) is 18.9 Å². The second-order valence-electron chi connectivity index (χ2n) is 4.23. The highest BCUT2D eigenvalue weighted by Gasteiger charge is 2.10. The van der Waals surface area contributed by atoms with Gasteiger partial charge in [-0.3, -0.25) is 4.79 Å². The highest BCUT2D eigenvalue weighted by Crippen LogP contribution is 2.28. The number of aromatic hydroxyl groups is 1. The lowest BCUT2D eigenvalue weighted by molar-refractivity contribution is 0.427. The fourth-order valence-electron chi connectivity index (χ4n) is 1.73. The van der Waals surface area contributed by atoms with Crippen LogP contribution in [-0.4, -0.2) is 14.7 Å². The van der Waals surface area contributed by atoms with Gasteiger partial charge in [0.25, 0.3) is 5.88 Å². The Kier molecular flexibility index (Phi) is 3.85. The molecule has 19 heavy (non-hydrogen) atoms. The Balaban J connectivity index is 2.36. The summed E-state index contributed by atoms with van der Waals surface area (Å²) in [5.74, 6) is 0.575. The fraction of sp³-hybridized carbons (Fsp3) is 0.286. The zero-order valence-corrected chi connectivity index (χ0v) is 11.0. The zero-order chi connectivity index (χ0) is 13.8. The molecule has 0 radical (unpaired) electrons. The van der Waals surface area contributed by atoms with Gasteiger partial charge < -0.3 is 14.4 Å². The highest BCUT2D eigenvalue weighted by molar-refractivity contribution is 5.43. The molecule has 100 valence electrons. The maximum absolute atomic E-state index is 12.1. The first-order valence-electron chi connectivity index (χ1n) is 6.15. The summed E-state index contributed by atoms with van der Waals surface area (Å²) < 4.78 is 7.06. The van der Waals surface area contributed by atoms with E-state index in [-0.39, 0.29) is 17.2 Å². The van der Waals surface area contributed by atoms with Gasteiger partial charge in [-0.1, -0.05) is 13.0 Å². The van der Waals surface area contributed by atoms with Gasteiger partial charge in [0.1, 0.15) is 11.5 Å². The van der Waals surface area contributed by atoms with Gasteiger partial charge in [0.2, 0.25) is 0 Å².